The van der Waals surface area contributed by atoms with Gasteiger partial charge in [0.25, 0.3) is 5.91 Å². The van der Waals surface area contributed by atoms with E-state index in [0.717, 1.165) is 32.1 Å². The Balaban J connectivity index is 1.53. The van der Waals surface area contributed by atoms with Crippen molar-refractivity contribution in [3.8, 4) is 0 Å². The summed E-state index contributed by atoms with van der Waals surface area (Å²) in [5, 5.41) is 3.06. The standard InChI is InChI=1S/C19H26FN3O2/c20-16-7-3-2-6-15(16)17(24)23-12-8-14(9-13-23)22-18(25)19(21)10-4-1-5-11-19/h2-3,6-7,14H,1,4-5,8-13,21H2,(H,22,25). The Labute approximate surface area is 147 Å². The van der Waals surface area contributed by atoms with Crippen LogP contribution >= 0.6 is 0 Å². The zero-order valence-corrected chi connectivity index (χ0v) is 14.5. The Morgan fingerprint density at radius 3 is 2.40 bits per heavy atom. The monoisotopic (exact) mass is 347 g/mol. The fraction of sp³-hybridized carbons (Fsp3) is 0.579. The highest BCUT2D eigenvalue weighted by Crippen LogP contribution is 2.26. The Bertz CT molecular complexity index is 635. The number of nitrogens with two attached hydrogens (primary N) is 1. The van der Waals surface area contributed by atoms with Gasteiger partial charge in [-0.05, 0) is 37.8 Å². The van der Waals surface area contributed by atoms with Gasteiger partial charge in [-0.3, -0.25) is 9.59 Å². The van der Waals surface area contributed by atoms with Crippen molar-refractivity contribution in [3.63, 3.8) is 0 Å². The molecule has 1 aliphatic carbocycles. The molecule has 0 radical (unpaired) electrons. The van der Waals surface area contributed by atoms with Gasteiger partial charge >= 0.3 is 0 Å². The van der Waals surface area contributed by atoms with E-state index in [1.807, 2.05) is 0 Å². The molecule has 1 aromatic carbocycles. The average Bonchev–Trinajstić information content (AvgIpc) is 2.63. The number of likely N-dealkylation sites (tertiary alicyclic amines) is 1. The molecule has 25 heavy (non-hydrogen) atoms. The molecule has 3 rings (SSSR count). The molecule has 2 amide bonds. The summed E-state index contributed by atoms with van der Waals surface area (Å²) in [6.45, 7) is 1.02. The van der Waals surface area contributed by atoms with E-state index in [2.05, 4.69) is 5.32 Å². The maximum absolute atomic E-state index is 13.8. The van der Waals surface area contributed by atoms with Crippen LogP contribution in [-0.4, -0.2) is 41.4 Å². The van der Waals surface area contributed by atoms with Crippen molar-refractivity contribution >= 4 is 11.8 Å². The van der Waals surface area contributed by atoms with E-state index < -0.39 is 11.4 Å². The van der Waals surface area contributed by atoms with Gasteiger partial charge in [-0.15, -0.1) is 0 Å². The lowest BCUT2D eigenvalue weighted by atomic mass is 9.81. The molecule has 2 fully saturated rings. The van der Waals surface area contributed by atoms with Gasteiger partial charge in [0.05, 0.1) is 11.1 Å². The molecule has 1 saturated heterocycles. The van der Waals surface area contributed by atoms with Crippen LogP contribution in [0.3, 0.4) is 0 Å². The first kappa shape index (κ1) is 17.9. The van der Waals surface area contributed by atoms with Crippen LogP contribution in [0, 0.1) is 5.82 Å². The number of nitrogens with one attached hydrogen (secondary N) is 1. The minimum Gasteiger partial charge on any atom is -0.352 e. The molecular weight excluding hydrogens is 321 g/mol. The molecule has 5 nitrogen and oxygen atoms in total. The smallest absolute Gasteiger partial charge is 0.256 e. The highest BCUT2D eigenvalue weighted by molar-refractivity contribution is 5.94. The van der Waals surface area contributed by atoms with E-state index in [0.29, 0.717) is 25.9 Å². The minimum atomic E-state index is -0.738. The molecule has 2 aliphatic rings. The zero-order chi connectivity index (χ0) is 17.9. The van der Waals surface area contributed by atoms with Crippen molar-refractivity contribution in [1.29, 1.82) is 0 Å². The topological polar surface area (TPSA) is 75.4 Å². The molecule has 0 spiro atoms. The van der Waals surface area contributed by atoms with Crippen LogP contribution < -0.4 is 11.1 Å². The van der Waals surface area contributed by atoms with Crippen molar-refractivity contribution in [1.82, 2.24) is 10.2 Å². The highest BCUT2D eigenvalue weighted by Gasteiger charge is 2.37. The maximum Gasteiger partial charge on any atom is 0.256 e. The van der Waals surface area contributed by atoms with Crippen LogP contribution in [0.5, 0.6) is 0 Å². The summed E-state index contributed by atoms with van der Waals surface area (Å²) >= 11 is 0. The lowest BCUT2D eigenvalue weighted by Gasteiger charge is -2.36. The first-order valence-corrected chi connectivity index (χ1v) is 9.13. The van der Waals surface area contributed by atoms with Crippen molar-refractivity contribution < 1.29 is 14.0 Å². The van der Waals surface area contributed by atoms with Gasteiger partial charge in [-0.2, -0.15) is 0 Å². The fourth-order valence-corrected chi connectivity index (χ4v) is 3.77. The molecule has 3 N–H and O–H groups in total. The summed E-state index contributed by atoms with van der Waals surface area (Å²) in [5.74, 6) is -0.846. The Morgan fingerprint density at radius 2 is 1.76 bits per heavy atom. The zero-order valence-electron chi connectivity index (χ0n) is 14.5. The molecule has 0 bridgehead atoms. The molecular formula is C19H26FN3O2. The van der Waals surface area contributed by atoms with Crippen LogP contribution in [0.4, 0.5) is 4.39 Å². The number of nitrogens with zero attached hydrogens (tertiary/aromatic N) is 1. The van der Waals surface area contributed by atoms with Crippen molar-refractivity contribution in [2.45, 2.75) is 56.5 Å². The number of benzene rings is 1. The molecule has 1 saturated carbocycles. The molecule has 1 aliphatic heterocycles. The number of piperidine rings is 1. The van der Waals surface area contributed by atoms with Gasteiger partial charge in [-0.1, -0.05) is 31.4 Å². The van der Waals surface area contributed by atoms with Crippen LogP contribution in [-0.2, 0) is 4.79 Å². The molecule has 0 unspecified atom stereocenters. The summed E-state index contributed by atoms with van der Waals surface area (Å²) in [7, 11) is 0. The molecule has 0 aromatic heterocycles. The quantitative estimate of drug-likeness (QED) is 0.880. The van der Waals surface area contributed by atoms with Gasteiger partial charge in [0.2, 0.25) is 5.91 Å². The second-order valence-corrected chi connectivity index (χ2v) is 7.24. The largest absolute Gasteiger partial charge is 0.352 e. The third-order valence-electron chi connectivity index (χ3n) is 5.42. The average molecular weight is 347 g/mol. The van der Waals surface area contributed by atoms with Gasteiger partial charge < -0.3 is 16.0 Å². The second kappa shape index (κ2) is 7.52. The van der Waals surface area contributed by atoms with Crippen LogP contribution in [0.15, 0.2) is 24.3 Å². The summed E-state index contributed by atoms with van der Waals surface area (Å²) in [6, 6.07) is 6.06. The van der Waals surface area contributed by atoms with Crippen LogP contribution in [0.25, 0.3) is 0 Å². The SMILES string of the molecule is NC1(C(=O)NC2CCN(C(=O)c3ccccc3F)CC2)CCCCC1. The van der Waals surface area contributed by atoms with Gasteiger partial charge in [0.15, 0.2) is 0 Å². The van der Waals surface area contributed by atoms with Gasteiger partial charge in [0, 0.05) is 19.1 Å². The molecule has 1 heterocycles. The van der Waals surface area contributed by atoms with Crippen molar-refractivity contribution in [3.05, 3.63) is 35.6 Å². The van der Waals surface area contributed by atoms with E-state index in [1.165, 1.54) is 12.1 Å². The van der Waals surface area contributed by atoms with Gasteiger partial charge in [-0.25, -0.2) is 4.39 Å². The number of rotatable bonds is 3. The number of hydrogen-bond acceptors (Lipinski definition) is 3. The van der Waals surface area contributed by atoms with E-state index >= 15 is 0 Å². The number of halogens is 1. The van der Waals surface area contributed by atoms with Crippen molar-refractivity contribution in [2.75, 3.05) is 13.1 Å². The third kappa shape index (κ3) is 4.00. The third-order valence-corrected chi connectivity index (χ3v) is 5.42. The van der Waals surface area contributed by atoms with Crippen molar-refractivity contribution in [2.24, 2.45) is 5.73 Å². The Morgan fingerprint density at radius 1 is 1.12 bits per heavy atom. The molecule has 136 valence electrons. The molecule has 1 aromatic rings. The highest BCUT2D eigenvalue weighted by atomic mass is 19.1. The normalized spacial score (nSPS) is 21.0. The summed E-state index contributed by atoms with van der Waals surface area (Å²) in [4.78, 5) is 26.6. The number of hydrogen-bond donors (Lipinski definition) is 2. The fourth-order valence-electron chi connectivity index (χ4n) is 3.77. The minimum absolute atomic E-state index is 0.0273. The first-order valence-electron chi connectivity index (χ1n) is 9.13. The number of amides is 2. The summed E-state index contributed by atoms with van der Waals surface area (Å²) < 4.78 is 13.8. The first-order chi connectivity index (χ1) is 12.0. The summed E-state index contributed by atoms with van der Waals surface area (Å²) in [5.41, 5.74) is 5.64. The number of carbonyl (C=O) groups is 2. The van der Waals surface area contributed by atoms with E-state index in [4.69, 9.17) is 5.73 Å². The lowest BCUT2D eigenvalue weighted by Crippen LogP contribution is -2.58. The number of carbonyl (C=O) groups excluding carboxylic acids is 2. The van der Waals surface area contributed by atoms with Gasteiger partial charge in [0.1, 0.15) is 5.82 Å². The Kier molecular flexibility index (Phi) is 5.37. The van der Waals surface area contributed by atoms with E-state index in [9.17, 15) is 14.0 Å². The van der Waals surface area contributed by atoms with Crippen LogP contribution in [0.2, 0.25) is 0 Å². The maximum atomic E-state index is 13.8. The predicted octanol–water partition coefficient (Wildman–Crippen LogP) is 2.21. The predicted molar refractivity (Wildman–Crippen MR) is 93.5 cm³/mol. The Hall–Kier alpha value is -1.95. The molecule has 6 heteroatoms. The molecule has 0 atom stereocenters. The lowest BCUT2D eigenvalue weighted by molar-refractivity contribution is -0.128. The summed E-state index contributed by atoms with van der Waals surface area (Å²) in [6.07, 6.45) is 5.96. The van der Waals surface area contributed by atoms with Crippen LogP contribution in [0.1, 0.15) is 55.3 Å². The second-order valence-electron chi connectivity index (χ2n) is 7.24. The van der Waals surface area contributed by atoms with E-state index in [-0.39, 0.29) is 23.4 Å². The van der Waals surface area contributed by atoms with E-state index in [1.54, 1.807) is 17.0 Å².